The number of carbonyl (C=O) groups excluding carboxylic acids is 2. The van der Waals surface area contributed by atoms with Crippen molar-refractivity contribution in [2.24, 2.45) is 0 Å². The molecule has 28 heavy (non-hydrogen) atoms. The van der Waals surface area contributed by atoms with Gasteiger partial charge in [0.05, 0.1) is 0 Å². The van der Waals surface area contributed by atoms with E-state index in [0.717, 1.165) is 21.9 Å². The van der Waals surface area contributed by atoms with E-state index in [9.17, 15) is 9.59 Å². The highest BCUT2D eigenvalue weighted by molar-refractivity contribution is 5.99. The number of likely N-dealkylation sites (N-methyl/N-ethyl adjacent to an activating group) is 1. The van der Waals surface area contributed by atoms with Gasteiger partial charge in [0.15, 0.2) is 6.61 Å². The number of amides is 2. The highest BCUT2D eigenvalue weighted by Crippen LogP contribution is 2.33. The number of hydrogen-bond acceptors (Lipinski definition) is 3. The molecule has 0 aliphatic heterocycles. The van der Waals surface area contributed by atoms with Crippen molar-refractivity contribution in [3.05, 3.63) is 66.2 Å². The van der Waals surface area contributed by atoms with Crippen LogP contribution in [-0.4, -0.2) is 44.0 Å². The van der Waals surface area contributed by atoms with Gasteiger partial charge in [0.1, 0.15) is 5.75 Å². The highest BCUT2D eigenvalue weighted by Gasteiger charge is 2.11. The van der Waals surface area contributed by atoms with Crippen LogP contribution in [0.4, 0.5) is 0 Å². The minimum Gasteiger partial charge on any atom is -0.484 e. The smallest absolute Gasteiger partial charge is 0.257 e. The second-order valence-electron chi connectivity index (χ2n) is 6.71. The minimum absolute atomic E-state index is 0.0259. The second-order valence-corrected chi connectivity index (χ2v) is 6.71. The Labute approximate surface area is 164 Å². The largest absolute Gasteiger partial charge is 0.484 e. The topological polar surface area (TPSA) is 58.6 Å². The first-order valence-electron chi connectivity index (χ1n) is 9.24. The molecule has 0 aliphatic carbocycles. The van der Waals surface area contributed by atoms with Crippen LogP contribution >= 0.6 is 0 Å². The molecule has 5 heteroatoms. The Kier molecular flexibility index (Phi) is 5.94. The lowest BCUT2D eigenvalue weighted by molar-refractivity contribution is -0.122. The van der Waals surface area contributed by atoms with Gasteiger partial charge >= 0.3 is 0 Å². The summed E-state index contributed by atoms with van der Waals surface area (Å²) in [4.78, 5) is 25.4. The molecule has 1 N–H and O–H groups in total. The fraction of sp³-hybridized carbons (Fsp3) is 0.217. The second kappa shape index (κ2) is 8.57. The summed E-state index contributed by atoms with van der Waals surface area (Å²) in [6.45, 7) is 2.42. The van der Waals surface area contributed by atoms with Gasteiger partial charge in [0, 0.05) is 26.2 Å². The van der Waals surface area contributed by atoms with E-state index in [1.165, 1.54) is 0 Å². The zero-order chi connectivity index (χ0) is 20.1. The molecule has 144 valence electrons. The van der Waals surface area contributed by atoms with E-state index >= 15 is 0 Å². The number of nitrogens with zero attached hydrogens (tertiary/aromatic N) is 1. The summed E-state index contributed by atoms with van der Waals surface area (Å²) in [5.74, 6) is 0.451. The van der Waals surface area contributed by atoms with Crippen molar-refractivity contribution in [1.82, 2.24) is 10.2 Å². The van der Waals surface area contributed by atoms with Gasteiger partial charge in [-0.25, -0.2) is 0 Å². The van der Waals surface area contributed by atoms with Crippen molar-refractivity contribution in [1.29, 1.82) is 0 Å². The molecule has 3 aromatic rings. The van der Waals surface area contributed by atoms with Crippen molar-refractivity contribution in [2.45, 2.75) is 6.92 Å². The van der Waals surface area contributed by atoms with Gasteiger partial charge in [-0.1, -0.05) is 36.4 Å². The van der Waals surface area contributed by atoms with Gasteiger partial charge < -0.3 is 15.0 Å². The molecule has 0 unspecified atom stereocenters. The molecule has 0 saturated carbocycles. The van der Waals surface area contributed by atoms with Crippen molar-refractivity contribution in [2.75, 3.05) is 27.2 Å². The van der Waals surface area contributed by atoms with Crippen molar-refractivity contribution in [3.8, 4) is 16.9 Å². The molecule has 3 aromatic carbocycles. The van der Waals surface area contributed by atoms with E-state index in [2.05, 4.69) is 11.4 Å². The van der Waals surface area contributed by atoms with E-state index in [-0.39, 0.29) is 18.4 Å². The van der Waals surface area contributed by atoms with Gasteiger partial charge in [-0.05, 0) is 53.1 Å². The summed E-state index contributed by atoms with van der Waals surface area (Å²) in [5, 5.41) is 4.84. The first kappa shape index (κ1) is 19.4. The molecule has 0 spiro atoms. The predicted molar refractivity (Wildman–Crippen MR) is 112 cm³/mol. The van der Waals surface area contributed by atoms with E-state index in [4.69, 9.17) is 4.74 Å². The Morgan fingerprint density at radius 2 is 1.71 bits per heavy atom. The summed E-state index contributed by atoms with van der Waals surface area (Å²) >= 11 is 0. The van der Waals surface area contributed by atoms with Crippen molar-refractivity contribution in [3.63, 3.8) is 0 Å². The zero-order valence-electron chi connectivity index (χ0n) is 16.4. The molecule has 0 aliphatic rings. The maximum absolute atomic E-state index is 12.1. The molecule has 0 saturated heterocycles. The quantitative estimate of drug-likeness (QED) is 0.713. The number of fused-ring (bicyclic) bond motifs is 1. The molecule has 0 radical (unpaired) electrons. The summed E-state index contributed by atoms with van der Waals surface area (Å²) in [5.41, 5.74) is 2.62. The summed E-state index contributed by atoms with van der Waals surface area (Å²) in [6, 6.07) is 19.4. The first-order chi connectivity index (χ1) is 13.5. The lowest BCUT2D eigenvalue weighted by Gasteiger charge is -2.13. The van der Waals surface area contributed by atoms with Crippen LogP contribution in [-0.2, 0) is 4.79 Å². The number of ether oxygens (including phenoxy) is 1. The number of hydrogen-bond donors (Lipinski definition) is 1. The van der Waals surface area contributed by atoms with Crippen LogP contribution in [0.3, 0.4) is 0 Å². The summed E-state index contributed by atoms with van der Waals surface area (Å²) in [6.07, 6.45) is 0. The lowest BCUT2D eigenvalue weighted by atomic mass is 9.97. The van der Waals surface area contributed by atoms with Crippen LogP contribution in [0.1, 0.15) is 17.3 Å². The average molecular weight is 376 g/mol. The first-order valence-corrected chi connectivity index (χ1v) is 9.24. The van der Waals surface area contributed by atoms with Crippen molar-refractivity contribution < 1.29 is 14.3 Å². The zero-order valence-corrected chi connectivity index (χ0v) is 16.4. The third-order valence-corrected chi connectivity index (χ3v) is 4.43. The maximum atomic E-state index is 12.1. The Bertz CT molecular complexity index is 994. The SMILES string of the molecule is CCNC(=O)COc1cc(-c2ccc(C(=O)N(C)C)cc2)c2ccccc2c1. The molecule has 0 heterocycles. The van der Waals surface area contributed by atoms with Crippen LogP contribution in [0.5, 0.6) is 5.75 Å². The van der Waals surface area contributed by atoms with E-state index < -0.39 is 0 Å². The Morgan fingerprint density at radius 3 is 2.39 bits per heavy atom. The molecule has 0 aromatic heterocycles. The highest BCUT2D eigenvalue weighted by atomic mass is 16.5. The van der Waals surface area contributed by atoms with Gasteiger partial charge in [0.2, 0.25) is 0 Å². The number of benzene rings is 3. The van der Waals surface area contributed by atoms with E-state index in [0.29, 0.717) is 17.9 Å². The summed E-state index contributed by atoms with van der Waals surface area (Å²) in [7, 11) is 3.47. The Hall–Kier alpha value is -3.34. The van der Waals surface area contributed by atoms with Crippen LogP contribution in [0.25, 0.3) is 21.9 Å². The standard InChI is InChI=1S/C23H24N2O3/c1-4-24-22(26)15-28-19-13-18-7-5-6-8-20(18)21(14-19)16-9-11-17(12-10-16)23(27)25(2)3/h5-14H,4,15H2,1-3H3,(H,24,26). The minimum atomic E-state index is -0.149. The van der Waals surface area contributed by atoms with Crippen molar-refractivity contribution >= 4 is 22.6 Å². The molecule has 0 bridgehead atoms. The third-order valence-electron chi connectivity index (χ3n) is 4.43. The Morgan fingerprint density at radius 1 is 1.00 bits per heavy atom. The number of carbonyl (C=O) groups is 2. The van der Waals surface area contributed by atoms with Gasteiger partial charge in [-0.3, -0.25) is 9.59 Å². The van der Waals surface area contributed by atoms with E-state index in [1.54, 1.807) is 19.0 Å². The van der Waals surface area contributed by atoms with Gasteiger partial charge in [-0.2, -0.15) is 0 Å². The summed E-state index contributed by atoms with van der Waals surface area (Å²) < 4.78 is 5.71. The fourth-order valence-corrected chi connectivity index (χ4v) is 3.05. The number of nitrogens with one attached hydrogen (secondary N) is 1. The maximum Gasteiger partial charge on any atom is 0.257 e. The molecule has 3 rings (SSSR count). The van der Waals surface area contributed by atoms with E-state index in [1.807, 2.05) is 61.5 Å². The normalized spacial score (nSPS) is 10.5. The monoisotopic (exact) mass is 376 g/mol. The van der Waals surface area contributed by atoms with Crippen LogP contribution in [0, 0.1) is 0 Å². The van der Waals surface area contributed by atoms with Crippen LogP contribution < -0.4 is 10.1 Å². The Balaban J connectivity index is 1.97. The van der Waals surface area contributed by atoms with Gasteiger partial charge in [0.25, 0.3) is 11.8 Å². The predicted octanol–water partition coefficient (Wildman–Crippen LogP) is 3.72. The van der Waals surface area contributed by atoms with Crippen LogP contribution in [0.15, 0.2) is 60.7 Å². The lowest BCUT2D eigenvalue weighted by Crippen LogP contribution is -2.28. The molecular weight excluding hydrogens is 352 g/mol. The average Bonchev–Trinajstić information content (AvgIpc) is 2.71. The van der Waals surface area contributed by atoms with Gasteiger partial charge in [-0.15, -0.1) is 0 Å². The molecule has 0 atom stereocenters. The molecule has 2 amide bonds. The fourth-order valence-electron chi connectivity index (χ4n) is 3.05. The van der Waals surface area contributed by atoms with Crippen LogP contribution in [0.2, 0.25) is 0 Å². The number of rotatable bonds is 6. The molecule has 0 fully saturated rings. The third kappa shape index (κ3) is 4.31. The molecule has 5 nitrogen and oxygen atoms in total. The molecular formula is C23H24N2O3.